The first-order valence-electron chi connectivity index (χ1n) is 5.94. The number of nitro groups is 1. The van der Waals surface area contributed by atoms with E-state index < -0.39 is 27.9 Å². The molecule has 0 aliphatic rings. The van der Waals surface area contributed by atoms with Crippen molar-refractivity contribution in [3.8, 4) is 0 Å². The molecule has 0 heterocycles. The van der Waals surface area contributed by atoms with Crippen LogP contribution < -0.4 is 0 Å². The van der Waals surface area contributed by atoms with Crippen LogP contribution in [0.5, 0.6) is 0 Å². The predicted molar refractivity (Wildman–Crippen MR) is 85.0 cm³/mol. The fourth-order valence-corrected chi connectivity index (χ4v) is 2.59. The minimum Gasteiger partial charge on any atom is -0.478 e. The molecule has 0 aromatic heterocycles. The first kappa shape index (κ1) is 17.2. The van der Waals surface area contributed by atoms with E-state index in [0.717, 1.165) is 6.07 Å². The summed E-state index contributed by atoms with van der Waals surface area (Å²) >= 11 is 17.4. The monoisotopic (exact) mass is 373 g/mol. The SMILES string of the molecule is O=C(O)c1c(Cl)ccc(Cl)c1C(=O)c1ccc(Cl)c([N+](=O)[O-])c1. The number of hydrogen-bond donors (Lipinski definition) is 1. The van der Waals surface area contributed by atoms with Gasteiger partial charge >= 0.3 is 5.97 Å². The molecule has 0 spiro atoms. The Morgan fingerprint density at radius 3 is 2.00 bits per heavy atom. The second kappa shape index (κ2) is 6.54. The molecule has 0 bridgehead atoms. The summed E-state index contributed by atoms with van der Waals surface area (Å²) in [5, 5.41) is 19.7. The van der Waals surface area contributed by atoms with Gasteiger partial charge in [-0.3, -0.25) is 14.9 Å². The molecule has 23 heavy (non-hydrogen) atoms. The zero-order chi connectivity index (χ0) is 17.3. The minimum absolute atomic E-state index is 0.130. The van der Waals surface area contributed by atoms with Crippen LogP contribution in [0.3, 0.4) is 0 Å². The van der Waals surface area contributed by atoms with Gasteiger partial charge in [-0.1, -0.05) is 34.8 Å². The Bertz CT molecular complexity index is 851. The molecule has 0 amide bonds. The maximum absolute atomic E-state index is 12.6. The number of nitrogens with zero attached hydrogens (tertiary/aromatic N) is 1. The Hall–Kier alpha value is -2.15. The lowest BCUT2D eigenvalue weighted by atomic mass is 9.98. The maximum Gasteiger partial charge on any atom is 0.338 e. The highest BCUT2D eigenvalue weighted by Gasteiger charge is 2.26. The van der Waals surface area contributed by atoms with Gasteiger partial charge in [0.2, 0.25) is 0 Å². The minimum atomic E-state index is -1.44. The fourth-order valence-electron chi connectivity index (χ4n) is 1.92. The zero-order valence-corrected chi connectivity index (χ0v) is 13.3. The summed E-state index contributed by atoms with van der Waals surface area (Å²) in [5.74, 6) is -2.25. The van der Waals surface area contributed by atoms with Crippen molar-refractivity contribution in [1.29, 1.82) is 0 Å². The lowest BCUT2D eigenvalue weighted by Gasteiger charge is -2.09. The third-order valence-electron chi connectivity index (χ3n) is 2.95. The summed E-state index contributed by atoms with van der Waals surface area (Å²) in [7, 11) is 0. The number of aromatic carboxylic acids is 1. The molecule has 1 N–H and O–H groups in total. The maximum atomic E-state index is 12.6. The van der Waals surface area contributed by atoms with Gasteiger partial charge in [-0.2, -0.15) is 0 Å². The lowest BCUT2D eigenvalue weighted by molar-refractivity contribution is -0.384. The first-order valence-corrected chi connectivity index (χ1v) is 7.07. The number of hydrogen-bond acceptors (Lipinski definition) is 4. The zero-order valence-electron chi connectivity index (χ0n) is 11.0. The molecule has 0 fully saturated rings. The van der Waals surface area contributed by atoms with E-state index in [1.165, 1.54) is 24.3 Å². The average Bonchev–Trinajstić information content (AvgIpc) is 2.48. The van der Waals surface area contributed by atoms with E-state index in [4.69, 9.17) is 34.8 Å². The molecule has 2 aromatic carbocycles. The van der Waals surface area contributed by atoms with Gasteiger partial charge in [-0.25, -0.2) is 4.79 Å². The van der Waals surface area contributed by atoms with Crippen LogP contribution in [0.4, 0.5) is 5.69 Å². The molecule has 2 aromatic rings. The first-order chi connectivity index (χ1) is 10.7. The van der Waals surface area contributed by atoms with Crippen molar-refractivity contribution >= 4 is 52.2 Å². The number of carboxylic acids is 1. The molecule has 0 aliphatic heterocycles. The van der Waals surface area contributed by atoms with E-state index in [9.17, 15) is 24.8 Å². The Morgan fingerprint density at radius 1 is 0.957 bits per heavy atom. The van der Waals surface area contributed by atoms with Gasteiger partial charge in [0.15, 0.2) is 5.78 Å². The molecule has 118 valence electrons. The van der Waals surface area contributed by atoms with Gasteiger partial charge in [0.05, 0.1) is 26.1 Å². The van der Waals surface area contributed by atoms with E-state index in [1.807, 2.05) is 0 Å². The number of carboxylic acid groups (broad SMARTS) is 1. The van der Waals surface area contributed by atoms with E-state index in [2.05, 4.69) is 0 Å². The lowest BCUT2D eigenvalue weighted by Crippen LogP contribution is -2.11. The smallest absolute Gasteiger partial charge is 0.338 e. The van der Waals surface area contributed by atoms with Crippen molar-refractivity contribution in [2.45, 2.75) is 0 Å². The van der Waals surface area contributed by atoms with Crippen LogP contribution in [0.15, 0.2) is 30.3 Å². The Kier molecular flexibility index (Phi) is 4.89. The molecule has 0 aliphatic carbocycles. The van der Waals surface area contributed by atoms with Crippen LogP contribution >= 0.6 is 34.8 Å². The summed E-state index contributed by atoms with van der Waals surface area (Å²) in [6, 6.07) is 5.88. The number of nitro benzene ring substituents is 1. The topological polar surface area (TPSA) is 97.5 Å². The standard InChI is InChI=1S/C14H6Cl3NO5/c15-7-2-1-6(5-10(7)18(22)23)13(19)11-8(16)3-4-9(17)12(11)14(20)21/h1-5H,(H,20,21). The average molecular weight is 375 g/mol. The van der Waals surface area contributed by atoms with E-state index in [0.29, 0.717) is 0 Å². The molecule has 6 nitrogen and oxygen atoms in total. The Balaban J connectivity index is 2.67. The summed E-state index contributed by atoms with van der Waals surface area (Å²) in [6.45, 7) is 0. The molecule has 0 unspecified atom stereocenters. The predicted octanol–water partition coefficient (Wildman–Crippen LogP) is 4.48. The van der Waals surface area contributed by atoms with Crippen molar-refractivity contribution in [1.82, 2.24) is 0 Å². The quantitative estimate of drug-likeness (QED) is 0.483. The Morgan fingerprint density at radius 2 is 1.48 bits per heavy atom. The summed E-state index contributed by atoms with van der Waals surface area (Å²) in [5.41, 5.74) is -1.43. The summed E-state index contributed by atoms with van der Waals surface area (Å²) in [4.78, 5) is 34.0. The van der Waals surface area contributed by atoms with Gasteiger partial charge < -0.3 is 5.11 Å². The second-order valence-electron chi connectivity index (χ2n) is 4.34. The molecule has 0 saturated heterocycles. The van der Waals surface area contributed by atoms with Crippen LogP contribution in [0.25, 0.3) is 0 Å². The highest BCUT2D eigenvalue weighted by Crippen LogP contribution is 2.31. The highest BCUT2D eigenvalue weighted by atomic mass is 35.5. The number of halogens is 3. The largest absolute Gasteiger partial charge is 0.478 e. The van der Waals surface area contributed by atoms with E-state index >= 15 is 0 Å². The Labute approximate surface area is 144 Å². The van der Waals surface area contributed by atoms with E-state index in [1.54, 1.807) is 0 Å². The number of ketones is 1. The van der Waals surface area contributed by atoms with Crippen LogP contribution in [0.2, 0.25) is 15.1 Å². The normalized spacial score (nSPS) is 10.4. The van der Waals surface area contributed by atoms with Crippen LogP contribution in [-0.2, 0) is 0 Å². The van der Waals surface area contributed by atoms with Crippen molar-refractivity contribution in [3.63, 3.8) is 0 Å². The van der Waals surface area contributed by atoms with Crippen LogP contribution in [0.1, 0.15) is 26.3 Å². The molecule has 0 saturated carbocycles. The number of rotatable bonds is 4. The number of carbonyl (C=O) groups excluding carboxylic acids is 1. The number of carbonyl (C=O) groups is 2. The molecule has 2 rings (SSSR count). The molecular weight excluding hydrogens is 369 g/mol. The van der Waals surface area contributed by atoms with Gasteiger partial charge in [0.25, 0.3) is 5.69 Å². The van der Waals surface area contributed by atoms with Crippen molar-refractivity contribution in [3.05, 3.63) is 72.2 Å². The van der Waals surface area contributed by atoms with Crippen molar-refractivity contribution < 1.29 is 19.6 Å². The second-order valence-corrected chi connectivity index (χ2v) is 5.56. The van der Waals surface area contributed by atoms with Crippen molar-refractivity contribution in [2.24, 2.45) is 0 Å². The molecule has 9 heteroatoms. The van der Waals surface area contributed by atoms with Gasteiger partial charge in [-0.05, 0) is 24.3 Å². The van der Waals surface area contributed by atoms with Gasteiger partial charge in [0, 0.05) is 11.6 Å². The van der Waals surface area contributed by atoms with Gasteiger partial charge in [-0.15, -0.1) is 0 Å². The molecule has 0 atom stereocenters. The third kappa shape index (κ3) is 3.29. The van der Waals surface area contributed by atoms with E-state index in [-0.39, 0.29) is 26.2 Å². The van der Waals surface area contributed by atoms with Crippen LogP contribution in [-0.4, -0.2) is 21.8 Å². The van der Waals surface area contributed by atoms with Gasteiger partial charge in [0.1, 0.15) is 5.02 Å². The van der Waals surface area contributed by atoms with Crippen LogP contribution in [0, 0.1) is 10.1 Å². The fraction of sp³-hybridized carbons (Fsp3) is 0. The summed E-state index contributed by atoms with van der Waals surface area (Å²) in [6.07, 6.45) is 0. The highest BCUT2D eigenvalue weighted by molar-refractivity contribution is 6.40. The number of benzene rings is 2. The molecule has 0 radical (unpaired) electrons. The molecular formula is C14H6Cl3NO5. The summed E-state index contributed by atoms with van der Waals surface area (Å²) < 4.78 is 0. The third-order valence-corrected chi connectivity index (χ3v) is 3.90. The van der Waals surface area contributed by atoms with Crippen molar-refractivity contribution in [2.75, 3.05) is 0 Å².